The van der Waals surface area contributed by atoms with Gasteiger partial charge in [0.25, 0.3) is 0 Å². The molecule has 0 aliphatic heterocycles. The molecule has 0 amide bonds. The Morgan fingerprint density at radius 2 is 1.00 bits per heavy atom. The largest absolute Gasteiger partial charge is 0.356 e. The maximum Gasteiger partial charge on any atom is 0.241 e. The maximum absolute atomic E-state index is 4.66. The van der Waals surface area contributed by atoms with Crippen LogP contribution in [0.1, 0.15) is 0 Å². The predicted molar refractivity (Wildman–Crippen MR) is 160 cm³/mol. The zero-order valence-electron chi connectivity index (χ0n) is 20.9. The van der Waals surface area contributed by atoms with Crippen molar-refractivity contribution in [2.75, 3.05) is 5.32 Å². The van der Waals surface area contributed by atoms with E-state index in [-0.39, 0.29) is 6.71 Å². The van der Waals surface area contributed by atoms with Gasteiger partial charge >= 0.3 is 0 Å². The Morgan fingerprint density at radius 1 is 0.421 bits per heavy atom. The highest BCUT2D eigenvalue weighted by Gasteiger charge is 2.23. The van der Waals surface area contributed by atoms with E-state index >= 15 is 0 Å². The first-order valence-electron chi connectivity index (χ1n) is 12.8. The molecule has 0 radical (unpaired) electrons. The average Bonchev–Trinajstić information content (AvgIpc) is 2.99. The van der Waals surface area contributed by atoms with E-state index in [1.165, 1.54) is 16.4 Å². The maximum atomic E-state index is 4.66. The molecule has 6 aromatic rings. The van der Waals surface area contributed by atoms with Gasteiger partial charge in [-0.1, -0.05) is 107 Å². The number of hydrogen-bond acceptors (Lipinski definition) is 3. The number of anilines is 2. The normalized spacial score (nSPS) is 10.6. The fourth-order valence-electron chi connectivity index (χ4n) is 4.90. The first-order chi connectivity index (χ1) is 18.8. The molecule has 6 rings (SSSR count). The van der Waals surface area contributed by atoms with Gasteiger partial charge in [0.2, 0.25) is 6.71 Å². The van der Waals surface area contributed by atoms with Crippen LogP contribution in [-0.2, 0) is 0 Å². The van der Waals surface area contributed by atoms with E-state index in [1.807, 2.05) is 42.7 Å². The van der Waals surface area contributed by atoms with Crippen LogP contribution < -0.4 is 21.7 Å². The molecular weight excluding hydrogens is 461 g/mol. The van der Waals surface area contributed by atoms with Gasteiger partial charge in [0.15, 0.2) is 0 Å². The lowest BCUT2D eigenvalue weighted by atomic mass is 9.36. The number of pyridine rings is 2. The molecule has 2 aromatic heterocycles. The number of rotatable bonds is 7. The molecule has 4 aromatic carbocycles. The molecule has 180 valence electrons. The lowest BCUT2D eigenvalue weighted by Gasteiger charge is -2.19. The second-order valence-corrected chi connectivity index (χ2v) is 9.23. The third-order valence-electron chi connectivity index (χ3n) is 6.63. The third-order valence-corrected chi connectivity index (χ3v) is 6.63. The van der Waals surface area contributed by atoms with Gasteiger partial charge in [0.1, 0.15) is 0 Å². The van der Waals surface area contributed by atoms with Crippen molar-refractivity contribution >= 4 is 34.5 Å². The Bertz CT molecular complexity index is 1580. The Kier molecular flexibility index (Phi) is 6.77. The Hall–Kier alpha value is -4.96. The lowest BCUT2D eigenvalue weighted by Crippen LogP contribution is -2.52. The summed E-state index contributed by atoms with van der Waals surface area (Å²) in [5.41, 5.74) is 9.76. The summed E-state index contributed by atoms with van der Waals surface area (Å²) in [7, 11) is 0. The van der Waals surface area contributed by atoms with Gasteiger partial charge in [0.05, 0.1) is 11.4 Å². The van der Waals surface area contributed by atoms with Crippen molar-refractivity contribution in [2.45, 2.75) is 0 Å². The van der Waals surface area contributed by atoms with Crippen molar-refractivity contribution in [3.05, 3.63) is 152 Å². The molecule has 0 saturated carbocycles. The molecule has 0 aliphatic carbocycles. The molecule has 0 saturated heterocycles. The molecule has 0 unspecified atom stereocenters. The van der Waals surface area contributed by atoms with Crippen LogP contribution in [-0.4, -0.2) is 16.7 Å². The summed E-state index contributed by atoms with van der Waals surface area (Å²) in [5, 5.41) is 3.67. The topological polar surface area (TPSA) is 37.8 Å². The second-order valence-electron chi connectivity index (χ2n) is 9.23. The van der Waals surface area contributed by atoms with Crippen molar-refractivity contribution in [1.29, 1.82) is 0 Å². The van der Waals surface area contributed by atoms with E-state index in [1.54, 1.807) is 0 Å². The number of aromatic nitrogens is 2. The summed E-state index contributed by atoms with van der Waals surface area (Å²) in [6.45, 7) is 0.0847. The summed E-state index contributed by atoms with van der Waals surface area (Å²) >= 11 is 0. The van der Waals surface area contributed by atoms with E-state index in [0.29, 0.717) is 0 Å². The molecule has 0 aliphatic rings. The number of hydrogen-bond donors (Lipinski definition) is 1. The minimum absolute atomic E-state index is 0.0847. The highest BCUT2D eigenvalue weighted by atomic mass is 14.9. The minimum atomic E-state index is 0.0847. The van der Waals surface area contributed by atoms with Crippen molar-refractivity contribution in [3.8, 4) is 22.5 Å². The molecule has 0 spiro atoms. The molecule has 1 N–H and O–H groups in total. The Balaban J connectivity index is 1.46. The van der Waals surface area contributed by atoms with Crippen LogP contribution in [0.4, 0.5) is 11.4 Å². The molecule has 3 nitrogen and oxygen atoms in total. The van der Waals surface area contributed by atoms with Crippen LogP contribution in [0.15, 0.2) is 152 Å². The van der Waals surface area contributed by atoms with Gasteiger partial charge in [-0.15, -0.1) is 0 Å². The fourth-order valence-corrected chi connectivity index (χ4v) is 4.90. The average molecular weight is 487 g/mol. The van der Waals surface area contributed by atoms with Crippen molar-refractivity contribution in [3.63, 3.8) is 0 Å². The highest BCUT2D eigenvalue weighted by Crippen LogP contribution is 2.26. The van der Waals surface area contributed by atoms with E-state index in [0.717, 1.165) is 33.9 Å². The van der Waals surface area contributed by atoms with Crippen molar-refractivity contribution in [1.82, 2.24) is 9.97 Å². The molecule has 0 atom stereocenters. The summed E-state index contributed by atoms with van der Waals surface area (Å²) in [4.78, 5) is 9.18. The van der Waals surface area contributed by atoms with Gasteiger partial charge in [-0.3, -0.25) is 9.97 Å². The number of nitrogens with one attached hydrogen (secondary N) is 1. The summed E-state index contributed by atoms with van der Waals surface area (Å²) in [6, 6.07) is 48.5. The SMILES string of the molecule is c1ccc(B(c2ccccc2)c2cc(Nc3cccc(-c4ccccn4)c3)cc(-c3ccccn3)c2)cc1. The van der Waals surface area contributed by atoms with Gasteiger partial charge in [-0.05, 0) is 48.5 Å². The predicted octanol–water partition coefficient (Wildman–Crippen LogP) is 6.07. The highest BCUT2D eigenvalue weighted by molar-refractivity contribution is 6.95. The van der Waals surface area contributed by atoms with E-state index < -0.39 is 0 Å². The lowest BCUT2D eigenvalue weighted by molar-refractivity contribution is 1.32. The Labute approximate surface area is 224 Å². The zero-order chi connectivity index (χ0) is 25.6. The van der Waals surface area contributed by atoms with E-state index in [2.05, 4.69) is 124 Å². The first-order valence-corrected chi connectivity index (χ1v) is 12.8. The number of benzene rings is 4. The van der Waals surface area contributed by atoms with Crippen LogP contribution in [0, 0.1) is 0 Å². The smallest absolute Gasteiger partial charge is 0.241 e. The molecular formula is C34H26BN3. The zero-order valence-corrected chi connectivity index (χ0v) is 20.9. The van der Waals surface area contributed by atoms with Gasteiger partial charge < -0.3 is 5.32 Å². The van der Waals surface area contributed by atoms with E-state index in [4.69, 9.17) is 0 Å². The third kappa shape index (κ3) is 5.25. The van der Waals surface area contributed by atoms with Crippen LogP contribution in [0.5, 0.6) is 0 Å². The molecule has 4 heteroatoms. The summed E-state index contributed by atoms with van der Waals surface area (Å²) in [6.07, 6.45) is 3.67. The molecule has 0 fully saturated rings. The second kappa shape index (κ2) is 11.0. The standard InChI is InChI=1S/C34H26BN3/c1-3-13-28(14-4-1)35(29-15-5-2-6-16-29)30-22-27(34-19-8-10-21-37-34)24-32(25-30)38-31-17-11-12-26(23-31)33-18-7-9-20-36-33/h1-25,38H. The van der Waals surface area contributed by atoms with Crippen LogP contribution >= 0.6 is 0 Å². The van der Waals surface area contributed by atoms with Gasteiger partial charge in [0, 0.05) is 34.9 Å². The fraction of sp³-hybridized carbons (Fsp3) is 0. The van der Waals surface area contributed by atoms with Crippen LogP contribution in [0.25, 0.3) is 22.5 Å². The monoisotopic (exact) mass is 487 g/mol. The molecule has 0 bridgehead atoms. The van der Waals surface area contributed by atoms with Crippen molar-refractivity contribution in [2.24, 2.45) is 0 Å². The van der Waals surface area contributed by atoms with E-state index in [9.17, 15) is 0 Å². The number of nitrogens with zero attached hydrogens (tertiary/aromatic N) is 2. The van der Waals surface area contributed by atoms with Crippen molar-refractivity contribution < 1.29 is 0 Å². The molecule has 38 heavy (non-hydrogen) atoms. The molecule has 2 heterocycles. The van der Waals surface area contributed by atoms with Crippen LogP contribution in [0.3, 0.4) is 0 Å². The van der Waals surface area contributed by atoms with Crippen LogP contribution in [0.2, 0.25) is 0 Å². The summed E-state index contributed by atoms with van der Waals surface area (Å²) in [5.74, 6) is 0. The quantitative estimate of drug-likeness (QED) is 0.278. The van der Waals surface area contributed by atoms with Gasteiger partial charge in [-0.25, -0.2) is 0 Å². The first kappa shape index (κ1) is 23.4. The Morgan fingerprint density at radius 3 is 1.61 bits per heavy atom. The summed E-state index contributed by atoms with van der Waals surface area (Å²) < 4.78 is 0. The van der Waals surface area contributed by atoms with Gasteiger partial charge in [-0.2, -0.15) is 0 Å². The minimum Gasteiger partial charge on any atom is -0.356 e.